The highest BCUT2D eigenvalue weighted by Gasteiger charge is 2.36. The van der Waals surface area contributed by atoms with Crippen molar-refractivity contribution >= 4 is 10.4 Å². The van der Waals surface area contributed by atoms with Crippen LogP contribution in [0.15, 0.2) is 30.3 Å². The summed E-state index contributed by atoms with van der Waals surface area (Å²) in [6.45, 7) is 0. The number of phenols is 1. The Kier molecular flexibility index (Phi) is 3.44. The highest BCUT2D eigenvalue weighted by molar-refractivity contribution is 7.82. The largest absolute Gasteiger partial charge is 0.504 e. The zero-order valence-corrected chi connectivity index (χ0v) is 13.8. The van der Waals surface area contributed by atoms with Gasteiger partial charge in [0.25, 0.3) is 0 Å². The number of aromatic hydroxyl groups is 1. The van der Waals surface area contributed by atoms with Crippen molar-refractivity contribution in [2.45, 2.75) is 18.6 Å². The summed E-state index contributed by atoms with van der Waals surface area (Å²) in [6, 6.07) is 7.51. The van der Waals surface area contributed by atoms with E-state index in [-0.39, 0.29) is 29.4 Å². The van der Waals surface area contributed by atoms with Gasteiger partial charge in [-0.05, 0) is 17.7 Å². The lowest BCUT2D eigenvalue weighted by atomic mass is 9.94. The van der Waals surface area contributed by atoms with E-state index >= 15 is 0 Å². The lowest BCUT2D eigenvalue weighted by Gasteiger charge is -2.33. The molecule has 0 saturated carbocycles. The van der Waals surface area contributed by atoms with Crippen LogP contribution in [-0.4, -0.2) is 31.8 Å². The third kappa shape index (κ3) is 2.71. The van der Waals surface area contributed by atoms with Crippen LogP contribution in [0.2, 0.25) is 0 Å². The molecule has 0 spiro atoms. The first-order valence-corrected chi connectivity index (χ1v) is 8.72. The summed E-state index contributed by atoms with van der Waals surface area (Å²) in [5.74, 6) is 0.762. The second kappa shape index (κ2) is 5.43. The Balaban J connectivity index is 1.72. The van der Waals surface area contributed by atoms with Gasteiger partial charge in [0.05, 0.1) is 13.2 Å². The van der Waals surface area contributed by atoms with Crippen LogP contribution < -0.4 is 17.8 Å². The lowest BCUT2D eigenvalue weighted by Crippen LogP contribution is -2.32. The van der Waals surface area contributed by atoms with E-state index in [1.54, 1.807) is 12.1 Å². The van der Waals surface area contributed by atoms with Crippen molar-refractivity contribution in [3.63, 3.8) is 0 Å². The van der Waals surface area contributed by atoms with Gasteiger partial charge in [0.2, 0.25) is 0 Å². The van der Waals surface area contributed by atoms with Crippen molar-refractivity contribution in [3.05, 3.63) is 41.5 Å². The van der Waals surface area contributed by atoms with Crippen molar-refractivity contribution in [1.82, 2.24) is 0 Å². The van der Waals surface area contributed by atoms with Gasteiger partial charge in [0.15, 0.2) is 23.0 Å². The SMILES string of the molecule is COc1cc(C2Oc3cc4cc(c3CC2O)OS(=O)(=O)O4)ccc1O. The third-order valence-corrected chi connectivity index (χ3v) is 4.86. The van der Waals surface area contributed by atoms with Crippen molar-refractivity contribution in [2.24, 2.45) is 0 Å². The van der Waals surface area contributed by atoms with E-state index in [1.807, 2.05) is 0 Å². The summed E-state index contributed by atoms with van der Waals surface area (Å²) >= 11 is 0. The number of methoxy groups -OCH3 is 1. The summed E-state index contributed by atoms with van der Waals surface area (Å²) in [5, 5.41) is 20.2. The zero-order chi connectivity index (χ0) is 17.8. The maximum Gasteiger partial charge on any atom is 0.501 e. The monoisotopic (exact) mass is 366 g/mol. The first-order valence-electron chi connectivity index (χ1n) is 7.39. The Morgan fingerprint density at radius 1 is 1.16 bits per heavy atom. The highest BCUT2D eigenvalue weighted by Crippen LogP contribution is 2.45. The number of rotatable bonds is 2. The first kappa shape index (κ1) is 15.9. The Hall–Kier alpha value is -2.65. The molecule has 2 heterocycles. The van der Waals surface area contributed by atoms with Gasteiger partial charge >= 0.3 is 10.4 Å². The first-order chi connectivity index (χ1) is 11.9. The molecule has 2 bridgehead atoms. The molecule has 2 atom stereocenters. The highest BCUT2D eigenvalue weighted by atomic mass is 32.3. The molecular formula is C16H14O8S. The quantitative estimate of drug-likeness (QED) is 0.822. The summed E-state index contributed by atoms with van der Waals surface area (Å²) in [4.78, 5) is 0. The summed E-state index contributed by atoms with van der Waals surface area (Å²) in [5.41, 5.74) is 1.05. The van der Waals surface area contributed by atoms with Crippen LogP contribution in [0.1, 0.15) is 17.2 Å². The van der Waals surface area contributed by atoms with Gasteiger partial charge in [-0.3, -0.25) is 0 Å². The topological polar surface area (TPSA) is 112 Å². The van der Waals surface area contributed by atoms with Crippen LogP contribution in [0.4, 0.5) is 0 Å². The second-order valence-corrected chi connectivity index (χ2v) is 6.86. The molecule has 132 valence electrons. The fourth-order valence-corrected chi connectivity index (χ4v) is 3.70. The molecule has 0 fully saturated rings. The molecule has 25 heavy (non-hydrogen) atoms. The number of ether oxygens (including phenoxy) is 2. The Morgan fingerprint density at radius 2 is 1.92 bits per heavy atom. The maximum atomic E-state index is 11.5. The van der Waals surface area contributed by atoms with Gasteiger partial charge in [-0.25, -0.2) is 0 Å². The predicted octanol–water partition coefficient (Wildman–Crippen LogP) is 1.45. The number of hydrogen-bond donors (Lipinski definition) is 2. The van der Waals surface area contributed by atoms with Gasteiger partial charge < -0.3 is 28.1 Å². The fourth-order valence-electron chi connectivity index (χ4n) is 2.96. The molecule has 0 radical (unpaired) electrons. The molecule has 2 aromatic carbocycles. The Labute approximate surface area is 143 Å². The van der Waals surface area contributed by atoms with E-state index in [4.69, 9.17) is 17.8 Å². The average molecular weight is 366 g/mol. The molecule has 2 aliphatic rings. The molecule has 2 aromatic rings. The fraction of sp³-hybridized carbons (Fsp3) is 0.250. The minimum atomic E-state index is -4.14. The third-order valence-electron chi connectivity index (χ3n) is 4.08. The number of aliphatic hydroxyl groups excluding tert-OH is 1. The summed E-state index contributed by atoms with van der Waals surface area (Å²) < 4.78 is 43.5. The van der Waals surface area contributed by atoms with Crippen LogP contribution in [0.25, 0.3) is 0 Å². The number of phenolic OH excluding ortho intramolecular Hbond substituents is 1. The Morgan fingerprint density at radius 3 is 2.68 bits per heavy atom. The van der Waals surface area contributed by atoms with Crippen LogP contribution in [-0.2, 0) is 16.8 Å². The van der Waals surface area contributed by atoms with Gasteiger partial charge in [0.1, 0.15) is 11.9 Å². The van der Waals surface area contributed by atoms with Crippen molar-refractivity contribution < 1.29 is 36.5 Å². The smallest absolute Gasteiger partial charge is 0.501 e. The molecule has 0 aromatic heterocycles. The molecule has 0 aliphatic carbocycles. The van der Waals surface area contributed by atoms with E-state index < -0.39 is 22.6 Å². The van der Waals surface area contributed by atoms with E-state index in [2.05, 4.69) is 0 Å². The van der Waals surface area contributed by atoms with E-state index in [1.165, 1.54) is 25.3 Å². The van der Waals surface area contributed by atoms with Crippen molar-refractivity contribution in [1.29, 1.82) is 0 Å². The van der Waals surface area contributed by atoms with Gasteiger partial charge in [-0.2, -0.15) is 0 Å². The van der Waals surface area contributed by atoms with Gasteiger partial charge in [-0.1, -0.05) is 6.07 Å². The van der Waals surface area contributed by atoms with Crippen LogP contribution >= 0.6 is 0 Å². The number of benzene rings is 2. The molecule has 2 N–H and O–H groups in total. The average Bonchev–Trinajstić information content (AvgIpc) is 2.54. The van der Waals surface area contributed by atoms with Crippen LogP contribution in [0.5, 0.6) is 28.7 Å². The van der Waals surface area contributed by atoms with Gasteiger partial charge in [0, 0.05) is 24.1 Å². The van der Waals surface area contributed by atoms with Gasteiger partial charge in [-0.15, -0.1) is 8.42 Å². The predicted molar refractivity (Wildman–Crippen MR) is 84.4 cm³/mol. The molecule has 8 nitrogen and oxygen atoms in total. The molecule has 0 saturated heterocycles. The molecular weight excluding hydrogens is 352 g/mol. The molecule has 2 unspecified atom stereocenters. The molecule has 0 amide bonds. The molecule has 9 heteroatoms. The lowest BCUT2D eigenvalue weighted by molar-refractivity contribution is 0.0198. The van der Waals surface area contributed by atoms with Crippen LogP contribution in [0, 0.1) is 0 Å². The molecule has 4 rings (SSSR count). The standard InChI is InChI=1S/C16H14O8S/c1-21-15-4-8(2-3-11(15)17)16-12(18)7-10-13(22-16)5-9-6-14(10)24-25(19,20)23-9/h2-6,12,16-18H,7H2,1H3. The van der Waals surface area contributed by atoms with Crippen molar-refractivity contribution in [3.8, 4) is 28.7 Å². The minimum absolute atomic E-state index is 0.0251. The normalized spacial score (nSPS) is 22.8. The Bertz CT molecular complexity index is 953. The van der Waals surface area contributed by atoms with E-state index in [0.717, 1.165) is 0 Å². The summed E-state index contributed by atoms with van der Waals surface area (Å²) in [6.07, 6.45) is -1.53. The molecule has 2 aliphatic heterocycles. The number of fused-ring (bicyclic) bond motifs is 4. The maximum absolute atomic E-state index is 11.5. The second-order valence-electron chi connectivity index (χ2n) is 5.71. The van der Waals surface area contributed by atoms with E-state index in [0.29, 0.717) is 16.9 Å². The van der Waals surface area contributed by atoms with Crippen molar-refractivity contribution in [2.75, 3.05) is 7.11 Å². The zero-order valence-electron chi connectivity index (χ0n) is 13.0. The number of hydrogen-bond acceptors (Lipinski definition) is 8. The van der Waals surface area contributed by atoms with E-state index in [9.17, 15) is 18.6 Å². The summed E-state index contributed by atoms with van der Waals surface area (Å²) in [7, 11) is -2.72. The minimum Gasteiger partial charge on any atom is -0.504 e. The van der Waals surface area contributed by atoms with Crippen LogP contribution in [0.3, 0.4) is 0 Å². The number of aliphatic hydroxyl groups is 1.